The van der Waals surface area contributed by atoms with Crippen LogP contribution in [-0.2, 0) is 16.1 Å². The van der Waals surface area contributed by atoms with Gasteiger partial charge in [0, 0.05) is 0 Å². The number of anilines is 1. The minimum absolute atomic E-state index is 0.0570. The molecule has 0 radical (unpaired) electrons. The van der Waals surface area contributed by atoms with Crippen LogP contribution >= 0.6 is 0 Å². The summed E-state index contributed by atoms with van der Waals surface area (Å²) in [6, 6.07) is 7.04. The van der Waals surface area contributed by atoms with Crippen molar-refractivity contribution >= 4 is 28.9 Å². The summed E-state index contributed by atoms with van der Waals surface area (Å²) in [4.78, 5) is 32.6. The van der Waals surface area contributed by atoms with Gasteiger partial charge in [-0.2, -0.15) is 4.98 Å². The maximum atomic E-state index is 12.1. The first-order chi connectivity index (χ1) is 12.9. The number of benzene rings is 1. The number of nitrogens with zero attached hydrogens (tertiary/aromatic N) is 2. The number of fused-ring (bicyclic) bond motifs is 1. The Labute approximate surface area is 155 Å². The molecule has 3 rings (SSSR count). The maximum absolute atomic E-state index is 12.1. The molecule has 2 aromatic heterocycles. The third kappa shape index (κ3) is 3.74. The van der Waals surface area contributed by atoms with Gasteiger partial charge in [-0.25, -0.2) is 14.6 Å². The maximum Gasteiger partial charge on any atom is 0.342 e. The Hall–Kier alpha value is -3.42. The number of aryl methyl sites for hydroxylation is 2. The second-order valence-corrected chi connectivity index (χ2v) is 5.90. The first-order valence-electron chi connectivity index (χ1n) is 8.37. The predicted molar refractivity (Wildman–Crippen MR) is 97.2 cm³/mol. The Morgan fingerprint density at radius 3 is 2.63 bits per heavy atom. The summed E-state index contributed by atoms with van der Waals surface area (Å²) >= 11 is 0. The van der Waals surface area contributed by atoms with Crippen molar-refractivity contribution < 1.29 is 23.5 Å². The van der Waals surface area contributed by atoms with Crippen LogP contribution in [0.5, 0.6) is 0 Å². The molecule has 2 N–H and O–H groups in total. The average Bonchev–Trinajstić information content (AvgIpc) is 2.96. The number of esters is 2. The molecule has 0 amide bonds. The first kappa shape index (κ1) is 18.4. The fourth-order valence-corrected chi connectivity index (χ4v) is 2.68. The van der Waals surface area contributed by atoms with Crippen LogP contribution in [-0.4, -0.2) is 28.5 Å². The lowest BCUT2D eigenvalue weighted by atomic mass is 10.1. The Bertz CT molecular complexity index is 1030. The second-order valence-electron chi connectivity index (χ2n) is 5.90. The lowest BCUT2D eigenvalue weighted by Crippen LogP contribution is -2.10. The van der Waals surface area contributed by atoms with Crippen LogP contribution in [0.1, 0.15) is 44.8 Å². The van der Waals surface area contributed by atoms with Crippen molar-refractivity contribution in [1.82, 2.24) is 9.97 Å². The molecule has 3 aromatic rings. The monoisotopic (exact) mass is 369 g/mol. The van der Waals surface area contributed by atoms with Crippen molar-refractivity contribution in [2.45, 2.75) is 27.4 Å². The average molecular weight is 369 g/mol. The molecule has 2 heterocycles. The fourth-order valence-electron chi connectivity index (χ4n) is 2.68. The Kier molecular flexibility index (Phi) is 5.07. The van der Waals surface area contributed by atoms with Gasteiger partial charge in [-0.05, 0) is 32.9 Å². The summed E-state index contributed by atoms with van der Waals surface area (Å²) in [5.74, 6) is -0.489. The van der Waals surface area contributed by atoms with E-state index in [4.69, 9.17) is 19.6 Å². The number of ether oxygens (including phenoxy) is 2. The quantitative estimate of drug-likeness (QED) is 0.682. The highest BCUT2D eigenvalue weighted by Crippen LogP contribution is 2.29. The van der Waals surface area contributed by atoms with E-state index < -0.39 is 11.9 Å². The molecule has 1 aromatic carbocycles. The highest BCUT2D eigenvalue weighted by molar-refractivity contribution is 6.07. The molecule has 0 unspecified atom stereocenters. The largest absolute Gasteiger partial charge is 0.462 e. The van der Waals surface area contributed by atoms with E-state index in [9.17, 15) is 9.59 Å². The Morgan fingerprint density at radius 1 is 1.15 bits per heavy atom. The Morgan fingerprint density at radius 2 is 1.93 bits per heavy atom. The molecule has 8 heteroatoms. The molecule has 0 aliphatic rings. The molecule has 0 bridgehead atoms. The predicted octanol–water partition coefficient (Wildman–Crippen LogP) is 2.96. The molecule has 140 valence electrons. The van der Waals surface area contributed by atoms with Gasteiger partial charge in [0.05, 0.1) is 17.6 Å². The number of hydrogen-bond donors (Lipinski definition) is 1. The molecule has 0 fully saturated rings. The van der Waals surface area contributed by atoms with E-state index in [1.807, 2.05) is 13.0 Å². The number of carbonyl (C=O) groups is 2. The molecule has 0 aliphatic heterocycles. The van der Waals surface area contributed by atoms with Gasteiger partial charge in [-0.15, -0.1) is 0 Å². The third-order valence-corrected chi connectivity index (χ3v) is 3.87. The molecule has 8 nitrogen and oxygen atoms in total. The van der Waals surface area contributed by atoms with Crippen LogP contribution in [0.25, 0.3) is 11.1 Å². The van der Waals surface area contributed by atoms with E-state index in [1.54, 1.807) is 32.0 Å². The number of nitrogen functional groups attached to an aromatic ring is 1. The molecule has 0 aliphatic carbocycles. The number of furan rings is 1. The van der Waals surface area contributed by atoms with Gasteiger partial charge in [0.15, 0.2) is 12.4 Å². The van der Waals surface area contributed by atoms with Crippen molar-refractivity contribution in [2.24, 2.45) is 0 Å². The van der Waals surface area contributed by atoms with E-state index in [1.165, 1.54) is 0 Å². The zero-order valence-electron chi connectivity index (χ0n) is 15.2. The van der Waals surface area contributed by atoms with Gasteiger partial charge in [0.25, 0.3) is 0 Å². The zero-order valence-corrected chi connectivity index (χ0v) is 15.2. The third-order valence-electron chi connectivity index (χ3n) is 3.87. The molecule has 0 saturated carbocycles. The molecular formula is C19H19N3O5. The van der Waals surface area contributed by atoms with Gasteiger partial charge in [-0.3, -0.25) is 0 Å². The molecule has 0 saturated heterocycles. The van der Waals surface area contributed by atoms with Gasteiger partial charge in [0.1, 0.15) is 17.1 Å². The van der Waals surface area contributed by atoms with Crippen LogP contribution in [0.4, 0.5) is 5.82 Å². The smallest absolute Gasteiger partial charge is 0.342 e. The highest BCUT2D eigenvalue weighted by atomic mass is 16.5. The van der Waals surface area contributed by atoms with Gasteiger partial charge in [0.2, 0.25) is 5.71 Å². The minimum atomic E-state index is -0.553. The van der Waals surface area contributed by atoms with Crippen molar-refractivity contribution in [1.29, 1.82) is 0 Å². The zero-order chi connectivity index (χ0) is 19.6. The lowest BCUT2D eigenvalue weighted by molar-refractivity contribution is 0.0461. The van der Waals surface area contributed by atoms with E-state index >= 15 is 0 Å². The summed E-state index contributed by atoms with van der Waals surface area (Å²) in [6.45, 7) is 5.25. The van der Waals surface area contributed by atoms with Gasteiger partial charge >= 0.3 is 11.9 Å². The number of nitrogens with two attached hydrogens (primary N) is 1. The van der Waals surface area contributed by atoms with Crippen molar-refractivity contribution in [3.05, 3.63) is 52.5 Å². The van der Waals surface area contributed by atoms with Crippen molar-refractivity contribution in [2.75, 3.05) is 12.3 Å². The summed E-state index contributed by atoms with van der Waals surface area (Å²) in [6.07, 6.45) is 0. The van der Waals surface area contributed by atoms with Crippen LogP contribution in [0.2, 0.25) is 0 Å². The summed E-state index contributed by atoms with van der Waals surface area (Å²) in [5.41, 5.74) is 7.71. The van der Waals surface area contributed by atoms with Gasteiger partial charge < -0.3 is 19.6 Å². The van der Waals surface area contributed by atoms with Crippen LogP contribution in [0.15, 0.2) is 28.7 Å². The van der Waals surface area contributed by atoms with E-state index in [-0.39, 0.29) is 36.1 Å². The van der Waals surface area contributed by atoms with E-state index in [0.717, 1.165) is 5.56 Å². The number of aromatic nitrogens is 2. The van der Waals surface area contributed by atoms with Crippen molar-refractivity contribution in [3.63, 3.8) is 0 Å². The second kappa shape index (κ2) is 7.45. The molecule has 27 heavy (non-hydrogen) atoms. The number of rotatable bonds is 5. The SMILES string of the molecule is CCOC(=O)c1c(C)oc2nc(COC(=O)c3cccc(C)c3)nc(N)c12. The number of carbonyl (C=O) groups excluding carboxylic acids is 2. The topological polar surface area (TPSA) is 118 Å². The standard InChI is InChI=1S/C19H19N3O5/c1-4-25-19(24)14-11(3)27-17-15(14)16(20)21-13(22-17)9-26-18(23)12-7-5-6-10(2)8-12/h5-8H,4,9H2,1-3H3,(H2,20,21,22). The minimum Gasteiger partial charge on any atom is -0.462 e. The van der Waals surface area contributed by atoms with Crippen LogP contribution in [0.3, 0.4) is 0 Å². The van der Waals surface area contributed by atoms with Crippen LogP contribution < -0.4 is 5.73 Å². The van der Waals surface area contributed by atoms with Gasteiger partial charge in [-0.1, -0.05) is 17.7 Å². The summed E-state index contributed by atoms with van der Waals surface area (Å²) < 4.78 is 15.8. The molecular weight excluding hydrogens is 350 g/mol. The molecule has 0 atom stereocenters. The number of hydrogen-bond acceptors (Lipinski definition) is 8. The van der Waals surface area contributed by atoms with E-state index in [0.29, 0.717) is 16.7 Å². The Balaban J connectivity index is 1.84. The summed E-state index contributed by atoms with van der Waals surface area (Å²) in [7, 11) is 0. The normalized spacial score (nSPS) is 10.8. The van der Waals surface area contributed by atoms with Crippen LogP contribution in [0, 0.1) is 13.8 Å². The highest BCUT2D eigenvalue weighted by Gasteiger charge is 2.24. The first-order valence-corrected chi connectivity index (χ1v) is 8.37. The van der Waals surface area contributed by atoms with E-state index in [2.05, 4.69) is 9.97 Å². The lowest BCUT2D eigenvalue weighted by Gasteiger charge is -2.06. The van der Waals surface area contributed by atoms with Crippen molar-refractivity contribution in [3.8, 4) is 0 Å². The fraction of sp³-hybridized carbons (Fsp3) is 0.263. The molecule has 0 spiro atoms. The summed E-state index contributed by atoms with van der Waals surface area (Å²) in [5, 5.41) is 0.291.